The predicted molar refractivity (Wildman–Crippen MR) is 36.4 cm³/mol. The highest BCUT2D eigenvalue weighted by molar-refractivity contribution is 5.58. The number of rotatable bonds is 2. The topological polar surface area (TPSA) is 36.1 Å². The molecule has 1 fully saturated rings. The lowest BCUT2D eigenvalue weighted by atomic mass is 10.3. The van der Waals surface area contributed by atoms with Crippen LogP contribution in [0, 0.1) is 11.3 Å². The minimum absolute atomic E-state index is 0.282. The molecule has 2 nitrogen and oxygen atoms in total. The van der Waals surface area contributed by atoms with Crippen molar-refractivity contribution in [2.24, 2.45) is 4.99 Å². The normalized spacial score (nSPS) is 21.8. The van der Waals surface area contributed by atoms with Gasteiger partial charge in [-0.25, -0.2) is 0 Å². The zero-order valence-corrected chi connectivity index (χ0v) is 5.59. The number of nitrogens with zero attached hydrogens (tertiary/aromatic N) is 2. The lowest BCUT2D eigenvalue weighted by molar-refractivity contribution is 0.874. The fourth-order valence-electron chi connectivity index (χ4n) is 0.654. The third-order valence-electron chi connectivity index (χ3n) is 1.45. The van der Waals surface area contributed by atoms with E-state index in [1.54, 1.807) is 0 Å². The van der Waals surface area contributed by atoms with Crippen LogP contribution in [0.4, 0.5) is 0 Å². The van der Waals surface area contributed by atoms with E-state index in [1.807, 2.05) is 13.1 Å². The molecular formula is C7H10N2. The summed E-state index contributed by atoms with van der Waals surface area (Å²) >= 11 is 0. The lowest BCUT2D eigenvalue weighted by Crippen LogP contribution is -1.98. The van der Waals surface area contributed by atoms with Crippen LogP contribution in [0.2, 0.25) is 0 Å². The second kappa shape index (κ2) is 2.18. The van der Waals surface area contributed by atoms with Crippen LogP contribution in [0.25, 0.3) is 0 Å². The SMILES string of the molecule is CCC=NC1(C#N)CC1. The van der Waals surface area contributed by atoms with Gasteiger partial charge in [-0.3, -0.25) is 4.99 Å². The van der Waals surface area contributed by atoms with E-state index < -0.39 is 0 Å². The van der Waals surface area contributed by atoms with Crippen LogP contribution in [0.1, 0.15) is 26.2 Å². The van der Waals surface area contributed by atoms with Crippen molar-refractivity contribution < 1.29 is 0 Å². The van der Waals surface area contributed by atoms with Crippen LogP contribution >= 0.6 is 0 Å². The van der Waals surface area contributed by atoms with E-state index in [2.05, 4.69) is 11.1 Å². The monoisotopic (exact) mass is 122 g/mol. The molecule has 1 saturated carbocycles. The molecule has 1 rings (SSSR count). The van der Waals surface area contributed by atoms with Crippen molar-refractivity contribution in [1.82, 2.24) is 0 Å². The van der Waals surface area contributed by atoms with Crippen molar-refractivity contribution in [2.75, 3.05) is 0 Å². The molecule has 0 amide bonds. The van der Waals surface area contributed by atoms with Crippen molar-refractivity contribution in [3.63, 3.8) is 0 Å². The van der Waals surface area contributed by atoms with Crippen LogP contribution in [0.5, 0.6) is 0 Å². The van der Waals surface area contributed by atoms with E-state index in [1.165, 1.54) is 0 Å². The summed E-state index contributed by atoms with van der Waals surface area (Å²) in [4.78, 5) is 4.12. The van der Waals surface area contributed by atoms with Crippen molar-refractivity contribution in [1.29, 1.82) is 5.26 Å². The number of aliphatic imine (C=N–C) groups is 1. The molecule has 0 heterocycles. The summed E-state index contributed by atoms with van der Waals surface area (Å²) < 4.78 is 0. The van der Waals surface area contributed by atoms with E-state index in [0.29, 0.717) is 0 Å². The first-order chi connectivity index (χ1) is 4.33. The summed E-state index contributed by atoms with van der Waals surface area (Å²) in [5.41, 5.74) is -0.282. The summed E-state index contributed by atoms with van der Waals surface area (Å²) in [6.45, 7) is 2.02. The van der Waals surface area contributed by atoms with Gasteiger partial charge in [0.05, 0.1) is 6.07 Å². The Morgan fingerprint density at radius 3 is 2.78 bits per heavy atom. The fourth-order valence-corrected chi connectivity index (χ4v) is 0.654. The van der Waals surface area contributed by atoms with Crippen LogP contribution in [-0.4, -0.2) is 11.8 Å². The first kappa shape index (κ1) is 6.28. The van der Waals surface area contributed by atoms with Gasteiger partial charge in [-0.05, 0) is 19.3 Å². The molecule has 2 heteroatoms. The smallest absolute Gasteiger partial charge is 0.146 e. The van der Waals surface area contributed by atoms with Gasteiger partial charge in [0.1, 0.15) is 5.54 Å². The van der Waals surface area contributed by atoms with Gasteiger partial charge in [0, 0.05) is 6.21 Å². The molecule has 0 aromatic rings. The molecule has 0 unspecified atom stereocenters. The molecule has 1 aliphatic carbocycles. The van der Waals surface area contributed by atoms with Crippen LogP contribution in [-0.2, 0) is 0 Å². The Morgan fingerprint density at radius 1 is 1.78 bits per heavy atom. The molecule has 0 spiro atoms. The molecule has 1 aliphatic rings. The fraction of sp³-hybridized carbons (Fsp3) is 0.714. The molecule has 48 valence electrons. The highest BCUT2D eigenvalue weighted by atomic mass is 14.9. The summed E-state index contributed by atoms with van der Waals surface area (Å²) in [6, 6.07) is 2.19. The van der Waals surface area contributed by atoms with E-state index in [9.17, 15) is 0 Å². The molecular weight excluding hydrogens is 112 g/mol. The van der Waals surface area contributed by atoms with Crippen molar-refractivity contribution in [2.45, 2.75) is 31.7 Å². The lowest BCUT2D eigenvalue weighted by Gasteiger charge is -1.91. The van der Waals surface area contributed by atoms with Gasteiger partial charge in [-0.15, -0.1) is 0 Å². The standard InChI is InChI=1S/C7H10N2/c1-2-5-9-7(6-8)3-4-7/h5H,2-4H2,1H3. The Labute approximate surface area is 55.2 Å². The third-order valence-corrected chi connectivity index (χ3v) is 1.45. The maximum atomic E-state index is 8.52. The summed E-state index contributed by atoms with van der Waals surface area (Å²) in [5, 5.41) is 8.52. The Bertz CT molecular complexity index is 160. The number of hydrogen-bond donors (Lipinski definition) is 0. The molecule has 0 aliphatic heterocycles. The maximum Gasteiger partial charge on any atom is 0.146 e. The molecule has 9 heavy (non-hydrogen) atoms. The average molecular weight is 122 g/mol. The first-order valence-corrected chi connectivity index (χ1v) is 3.28. The van der Waals surface area contributed by atoms with Gasteiger partial charge in [-0.1, -0.05) is 6.92 Å². The minimum atomic E-state index is -0.282. The highest BCUT2D eigenvalue weighted by Crippen LogP contribution is 2.38. The molecule has 0 radical (unpaired) electrons. The van der Waals surface area contributed by atoms with Gasteiger partial charge < -0.3 is 0 Å². The van der Waals surface area contributed by atoms with E-state index in [-0.39, 0.29) is 5.54 Å². The maximum absolute atomic E-state index is 8.52. The van der Waals surface area contributed by atoms with Gasteiger partial charge in [0.25, 0.3) is 0 Å². The molecule has 0 aromatic heterocycles. The largest absolute Gasteiger partial charge is 0.276 e. The Kier molecular flexibility index (Phi) is 1.52. The Morgan fingerprint density at radius 2 is 2.44 bits per heavy atom. The predicted octanol–water partition coefficient (Wildman–Crippen LogP) is 1.52. The first-order valence-electron chi connectivity index (χ1n) is 3.28. The molecule has 0 atom stereocenters. The Balaban J connectivity index is 2.45. The van der Waals surface area contributed by atoms with Gasteiger partial charge in [-0.2, -0.15) is 5.26 Å². The molecule has 0 aromatic carbocycles. The zero-order valence-electron chi connectivity index (χ0n) is 5.59. The van der Waals surface area contributed by atoms with Crippen LogP contribution < -0.4 is 0 Å². The molecule has 0 N–H and O–H groups in total. The van der Waals surface area contributed by atoms with E-state index >= 15 is 0 Å². The van der Waals surface area contributed by atoms with Crippen LogP contribution in [0.3, 0.4) is 0 Å². The second-order valence-corrected chi connectivity index (χ2v) is 2.36. The average Bonchev–Trinajstić information content (AvgIpc) is 2.65. The summed E-state index contributed by atoms with van der Waals surface area (Å²) in [7, 11) is 0. The Hall–Kier alpha value is -0.840. The molecule has 0 bridgehead atoms. The van der Waals surface area contributed by atoms with Gasteiger partial charge in [0.15, 0.2) is 0 Å². The molecule has 0 saturated heterocycles. The summed E-state index contributed by atoms with van der Waals surface area (Å²) in [5.74, 6) is 0. The quantitative estimate of drug-likeness (QED) is 0.511. The van der Waals surface area contributed by atoms with Crippen molar-refractivity contribution >= 4 is 6.21 Å². The van der Waals surface area contributed by atoms with Crippen molar-refractivity contribution in [3.8, 4) is 6.07 Å². The second-order valence-electron chi connectivity index (χ2n) is 2.36. The van der Waals surface area contributed by atoms with E-state index in [0.717, 1.165) is 19.3 Å². The van der Waals surface area contributed by atoms with Crippen LogP contribution in [0.15, 0.2) is 4.99 Å². The zero-order chi connectivity index (χ0) is 6.74. The van der Waals surface area contributed by atoms with Gasteiger partial charge in [0.2, 0.25) is 0 Å². The summed E-state index contributed by atoms with van der Waals surface area (Å²) in [6.07, 6.45) is 4.68. The minimum Gasteiger partial charge on any atom is -0.276 e. The van der Waals surface area contributed by atoms with E-state index in [4.69, 9.17) is 5.26 Å². The number of nitriles is 1. The third kappa shape index (κ3) is 1.29. The van der Waals surface area contributed by atoms with Crippen molar-refractivity contribution in [3.05, 3.63) is 0 Å². The number of hydrogen-bond acceptors (Lipinski definition) is 2. The highest BCUT2D eigenvalue weighted by Gasteiger charge is 2.42. The van der Waals surface area contributed by atoms with Gasteiger partial charge >= 0.3 is 0 Å².